The maximum Gasteiger partial charge on any atom is 4.00 e. The average Bonchev–Trinajstić information content (AvgIpc) is 2.24. The first kappa shape index (κ1) is 20.0. The largest absolute Gasteiger partial charge is 4.00 e. The second kappa shape index (κ2) is 16.0. The first-order valence-electron chi connectivity index (χ1n) is 3.54. The standard InChI is InChI=1S/2C5H4N.2ClH.Pt/c2*1-2-4-6-5-3-1;;;/h2*1-4H;2*1H;/q2*-1;;;+4/p-2. The third-order valence-corrected chi connectivity index (χ3v) is 1.03. The van der Waals surface area contributed by atoms with Crippen LogP contribution in [-0.4, -0.2) is 9.97 Å². The Labute approximate surface area is 117 Å². The maximum atomic E-state index is 3.66. The summed E-state index contributed by atoms with van der Waals surface area (Å²) in [4.78, 5) is 7.32. The van der Waals surface area contributed by atoms with Gasteiger partial charge in [-0.25, -0.2) is 0 Å². The smallest absolute Gasteiger partial charge is 1.00 e. The molecule has 5 heteroatoms. The minimum Gasteiger partial charge on any atom is -1.00 e. The van der Waals surface area contributed by atoms with Gasteiger partial charge in [0.2, 0.25) is 0 Å². The van der Waals surface area contributed by atoms with Crippen molar-refractivity contribution in [1.82, 2.24) is 9.97 Å². The van der Waals surface area contributed by atoms with Crippen molar-refractivity contribution >= 4 is 0 Å². The molecule has 82 valence electrons. The van der Waals surface area contributed by atoms with Crippen LogP contribution < -0.4 is 24.8 Å². The fraction of sp³-hybridized carbons (Fsp3) is 0. The molecule has 0 fully saturated rings. The van der Waals surface area contributed by atoms with E-state index in [0.29, 0.717) is 0 Å². The maximum absolute atomic E-state index is 3.66. The molecule has 2 aromatic heterocycles. The molecule has 2 heterocycles. The van der Waals surface area contributed by atoms with Crippen molar-refractivity contribution in [3.63, 3.8) is 0 Å². The molecule has 15 heavy (non-hydrogen) atoms. The van der Waals surface area contributed by atoms with Gasteiger partial charge in [0.25, 0.3) is 0 Å². The second-order valence-electron chi connectivity index (χ2n) is 1.92. The molecular formula is C10H8Cl2N2Pt. The second-order valence-corrected chi connectivity index (χ2v) is 1.92. The fourth-order valence-corrected chi connectivity index (χ4v) is 0.555. The summed E-state index contributed by atoms with van der Waals surface area (Å²) in [6, 6.07) is 11.0. The van der Waals surface area contributed by atoms with Gasteiger partial charge in [0, 0.05) is 0 Å². The van der Waals surface area contributed by atoms with Crippen LogP contribution in [0.1, 0.15) is 0 Å². The van der Waals surface area contributed by atoms with Crippen LogP contribution in [0.25, 0.3) is 0 Å². The van der Waals surface area contributed by atoms with Crippen LogP contribution in [0, 0.1) is 12.4 Å². The molecule has 0 aliphatic rings. The van der Waals surface area contributed by atoms with Crippen molar-refractivity contribution in [2.75, 3.05) is 0 Å². The number of rotatable bonds is 0. The zero-order valence-corrected chi connectivity index (χ0v) is 11.4. The number of aromatic nitrogens is 2. The van der Waals surface area contributed by atoms with Gasteiger partial charge >= 0.3 is 21.1 Å². The molecule has 0 unspecified atom stereocenters. The van der Waals surface area contributed by atoms with Crippen LogP contribution in [0.15, 0.2) is 48.8 Å². The zero-order valence-electron chi connectivity index (χ0n) is 7.59. The van der Waals surface area contributed by atoms with E-state index in [1.807, 2.05) is 24.3 Å². The van der Waals surface area contributed by atoms with Crippen LogP contribution >= 0.6 is 0 Å². The Morgan fingerprint density at radius 1 is 0.667 bits per heavy atom. The van der Waals surface area contributed by atoms with Gasteiger partial charge in [-0.3, -0.25) is 0 Å². The Morgan fingerprint density at radius 2 is 1.07 bits per heavy atom. The minimum absolute atomic E-state index is 0. The summed E-state index contributed by atoms with van der Waals surface area (Å²) < 4.78 is 0. The van der Waals surface area contributed by atoms with E-state index in [0.717, 1.165) is 0 Å². The Morgan fingerprint density at radius 3 is 1.13 bits per heavy atom. The normalized spacial score (nSPS) is 6.40. The molecule has 0 radical (unpaired) electrons. The first-order valence-corrected chi connectivity index (χ1v) is 3.54. The molecule has 2 nitrogen and oxygen atoms in total. The van der Waals surface area contributed by atoms with Gasteiger partial charge in [-0.1, -0.05) is 24.8 Å². The van der Waals surface area contributed by atoms with Crippen LogP contribution in [0.5, 0.6) is 0 Å². The van der Waals surface area contributed by atoms with E-state index in [2.05, 4.69) is 22.4 Å². The van der Waals surface area contributed by atoms with E-state index in [4.69, 9.17) is 0 Å². The third-order valence-electron chi connectivity index (χ3n) is 1.03. The Balaban J connectivity index is -0.000000160. The van der Waals surface area contributed by atoms with E-state index in [1.54, 1.807) is 24.5 Å². The zero-order chi connectivity index (χ0) is 8.49. The average molecular weight is 422 g/mol. The monoisotopic (exact) mass is 421 g/mol. The van der Waals surface area contributed by atoms with Crippen molar-refractivity contribution in [2.24, 2.45) is 0 Å². The molecule has 0 spiro atoms. The third kappa shape index (κ3) is 13.6. The fourth-order valence-electron chi connectivity index (χ4n) is 0.555. The summed E-state index contributed by atoms with van der Waals surface area (Å²) in [5, 5.41) is 0. The molecule has 0 saturated carbocycles. The Kier molecular flexibility index (Phi) is 21.4. The van der Waals surface area contributed by atoms with Crippen molar-refractivity contribution in [3.8, 4) is 0 Å². The van der Waals surface area contributed by atoms with Crippen LogP contribution in [0.3, 0.4) is 0 Å². The minimum atomic E-state index is 0. The predicted molar refractivity (Wildman–Crippen MR) is 46.1 cm³/mol. The van der Waals surface area contributed by atoms with Crippen LogP contribution in [0.2, 0.25) is 0 Å². The van der Waals surface area contributed by atoms with Gasteiger partial charge in [-0.05, 0) is 0 Å². The molecule has 0 atom stereocenters. The molecule has 0 bridgehead atoms. The molecule has 0 N–H and O–H groups in total. The molecule has 0 saturated heterocycles. The number of pyridine rings is 2. The van der Waals surface area contributed by atoms with Crippen molar-refractivity contribution in [3.05, 3.63) is 61.2 Å². The molecule has 0 amide bonds. The molecule has 2 rings (SSSR count). The first-order chi connectivity index (χ1) is 6.00. The van der Waals surface area contributed by atoms with Gasteiger partial charge < -0.3 is 34.8 Å². The van der Waals surface area contributed by atoms with E-state index in [-0.39, 0.29) is 45.9 Å². The SMILES string of the molecule is [Cl-].[Cl-].[Pt+4].[c-]1ccccn1.[c-]1ccccn1. The quantitative estimate of drug-likeness (QED) is 0.403. The van der Waals surface area contributed by atoms with Gasteiger partial charge in [0.1, 0.15) is 0 Å². The number of nitrogens with zero attached hydrogens (tertiary/aromatic N) is 2. The molecule has 0 aromatic carbocycles. The summed E-state index contributed by atoms with van der Waals surface area (Å²) in [7, 11) is 0. The summed E-state index contributed by atoms with van der Waals surface area (Å²) in [5.74, 6) is 0. The van der Waals surface area contributed by atoms with E-state index >= 15 is 0 Å². The molecule has 2 aromatic rings. The van der Waals surface area contributed by atoms with Gasteiger partial charge in [0.15, 0.2) is 0 Å². The number of halogens is 2. The summed E-state index contributed by atoms with van der Waals surface area (Å²) in [6.07, 6.45) is 8.67. The number of hydrogen-bond donors (Lipinski definition) is 0. The van der Waals surface area contributed by atoms with Crippen molar-refractivity contribution in [1.29, 1.82) is 0 Å². The van der Waals surface area contributed by atoms with E-state index in [9.17, 15) is 0 Å². The molecular weight excluding hydrogens is 414 g/mol. The topological polar surface area (TPSA) is 25.8 Å². The Bertz CT molecular complexity index is 197. The van der Waals surface area contributed by atoms with Gasteiger partial charge in [-0.2, -0.15) is 36.4 Å². The van der Waals surface area contributed by atoms with E-state index in [1.165, 1.54) is 0 Å². The predicted octanol–water partition coefficient (Wildman–Crippen LogP) is -4.23. The summed E-state index contributed by atoms with van der Waals surface area (Å²) in [6.45, 7) is 0. The molecule has 0 aliphatic carbocycles. The number of hydrogen-bond acceptors (Lipinski definition) is 2. The molecule has 0 aliphatic heterocycles. The Hall–Kier alpha value is -0.432. The van der Waals surface area contributed by atoms with Crippen LogP contribution in [0.4, 0.5) is 0 Å². The van der Waals surface area contributed by atoms with E-state index < -0.39 is 0 Å². The van der Waals surface area contributed by atoms with Crippen molar-refractivity contribution in [2.45, 2.75) is 0 Å². The van der Waals surface area contributed by atoms with Crippen molar-refractivity contribution < 1.29 is 45.9 Å². The summed E-state index contributed by atoms with van der Waals surface area (Å²) in [5.41, 5.74) is 0. The van der Waals surface area contributed by atoms with Crippen LogP contribution in [-0.2, 0) is 21.1 Å². The van der Waals surface area contributed by atoms with Gasteiger partial charge in [0.05, 0.1) is 0 Å². The van der Waals surface area contributed by atoms with Gasteiger partial charge in [-0.15, -0.1) is 0 Å². The summed E-state index contributed by atoms with van der Waals surface area (Å²) >= 11 is 0.